The van der Waals surface area contributed by atoms with Crippen LogP contribution in [0.3, 0.4) is 0 Å². The molecule has 1 aliphatic rings. The van der Waals surface area contributed by atoms with Gasteiger partial charge in [-0.3, -0.25) is 4.90 Å². The number of rotatable bonds is 2. The van der Waals surface area contributed by atoms with Gasteiger partial charge in [-0.25, -0.2) is 4.39 Å². The number of likely N-dealkylation sites (N-methyl/N-ethyl adjacent to an activating group) is 1. The van der Waals surface area contributed by atoms with Crippen LogP contribution >= 0.6 is 0 Å². The first-order valence-electron chi connectivity index (χ1n) is 6.21. The Hall–Kier alpha value is -1.60. The Kier molecular flexibility index (Phi) is 3.83. The molecule has 0 saturated carbocycles. The lowest BCUT2D eigenvalue weighted by molar-refractivity contribution is 0.194. The molecule has 2 unspecified atom stereocenters. The highest BCUT2D eigenvalue weighted by Gasteiger charge is 2.29. The van der Waals surface area contributed by atoms with Crippen molar-refractivity contribution in [2.45, 2.75) is 25.4 Å². The number of nitriles is 1. The first-order valence-corrected chi connectivity index (χ1v) is 6.21. The minimum Gasteiger partial charge on any atom is -0.366 e. The predicted octanol–water partition coefficient (Wildman–Crippen LogP) is 2.25. The fourth-order valence-electron chi connectivity index (χ4n) is 2.55. The molecule has 2 rings (SSSR count). The Morgan fingerprint density at radius 3 is 2.89 bits per heavy atom. The summed E-state index contributed by atoms with van der Waals surface area (Å²) in [4.78, 5) is 4.40. The molecule has 1 heterocycles. The smallest absolute Gasteiger partial charge is 0.125 e. The Balaban J connectivity index is 2.19. The van der Waals surface area contributed by atoms with Gasteiger partial charge >= 0.3 is 0 Å². The van der Waals surface area contributed by atoms with Gasteiger partial charge in [0.15, 0.2) is 0 Å². The molecule has 0 aromatic heterocycles. The quantitative estimate of drug-likeness (QED) is 0.803. The van der Waals surface area contributed by atoms with Gasteiger partial charge in [0.25, 0.3) is 0 Å². The summed E-state index contributed by atoms with van der Waals surface area (Å²) in [6.07, 6.45) is 0.509. The fourth-order valence-corrected chi connectivity index (χ4v) is 2.55. The maximum absolute atomic E-state index is 13.3. The van der Waals surface area contributed by atoms with E-state index in [0.29, 0.717) is 12.5 Å². The van der Waals surface area contributed by atoms with Crippen LogP contribution < -0.4 is 4.90 Å². The highest BCUT2D eigenvalue weighted by molar-refractivity contribution is 5.48. The SMILES string of the molecule is CC1CN(C)C(CC#N)CN1c1cccc(F)c1. The van der Waals surface area contributed by atoms with E-state index in [2.05, 4.69) is 22.8 Å². The number of piperazine rings is 1. The number of nitrogens with zero attached hydrogens (tertiary/aromatic N) is 3. The van der Waals surface area contributed by atoms with Crippen LogP contribution in [-0.2, 0) is 0 Å². The van der Waals surface area contributed by atoms with Gasteiger partial charge in [-0.2, -0.15) is 5.26 Å². The summed E-state index contributed by atoms with van der Waals surface area (Å²) in [6, 6.07) is 9.44. The normalized spacial score (nSPS) is 24.9. The van der Waals surface area contributed by atoms with E-state index in [9.17, 15) is 4.39 Å². The van der Waals surface area contributed by atoms with Crippen LogP contribution in [0.4, 0.5) is 10.1 Å². The lowest BCUT2D eigenvalue weighted by atomic mass is 10.0. The van der Waals surface area contributed by atoms with Crippen LogP contribution in [0.25, 0.3) is 0 Å². The van der Waals surface area contributed by atoms with Crippen molar-refractivity contribution in [2.24, 2.45) is 0 Å². The molecular weight excluding hydrogens is 229 g/mol. The van der Waals surface area contributed by atoms with E-state index in [4.69, 9.17) is 5.26 Å². The Labute approximate surface area is 107 Å². The van der Waals surface area contributed by atoms with E-state index in [1.54, 1.807) is 12.1 Å². The minimum atomic E-state index is -0.213. The van der Waals surface area contributed by atoms with Crippen molar-refractivity contribution < 1.29 is 4.39 Å². The third kappa shape index (κ3) is 2.62. The summed E-state index contributed by atoms with van der Waals surface area (Å²) in [7, 11) is 2.04. The van der Waals surface area contributed by atoms with Crippen LogP contribution in [-0.4, -0.2) is 37.1 Å². The molecule has 1 aliphatic heterocycles. The van der Waals surface area contributed by atoms with Gasteiger partial charge in [0.1, 0.15) is 5.82 Å². The van der Waals surface area contributed by atoms with Crippen molar-refractivity contribution in [1.82, 2.24) is 4.90 Å². The number of anilines is 1. The number of hydrogen-bond acceptors (Lipinski definition) is 3. The van der Waals surface area contributed by atoms with E-state index in [1.807, 2.05) is 13.1 Å². The van der Waals surface area contributed by atoms with Gasteiger partial charge in [0.05, 0.1) is 12.5 Å². The maximum atomic E-state index is 13.3. The van der Waals surface area contributed by atoms with E-state index < -0.39 is 0 Å². The molecule has 1 aromatic carbocycles. The molecule has 1 aromatic rings. The first-order chi connectivity index (χ1) is 8.61. The summed E-state index contributed by atoms with van der Waals surface area (Å²) in [6.45, 7) is 3.79. The zero-order valence-corrected chi connectivity index (χ0v) is 10.8. The first kappa shape index (κ1) is 12.8. The van der Waals surface area contributed by atoms with Gasteiger partial charge in [0.2, 0.25) is 0 Å². The largest absolute Gasteiger partial charge is 0.366 e. The summed E-state index contributed by atoms with van der Waals surface area (Å²) < 4.78 is 13.3. The average Bonchev–Trinajstić information content (AvgIpc) is 2.33. The van der Waals surface area contributed by atoms with Crippen molar-refractivity contribution in [2.75, 3.05) is 25.0 Å². The van der Waals surface area contributed by atoms with Crippen molar-refractivity contribution in [3.8, 4) is 6.07 Å². The molecule has 3 nitrogen and oxygen atoms in total. The molecule has 0 N–H and O–H groups in total. The zero-order valence-electron chi connectivity index (χ0n) is 10.8. The van der Waals surface area contributed by atoms with Gasteiger partial charge in [-0.1, -0.05) is 6.07 Å². The lowest BCUT2D eigenvalue weighted by Crippen LogP contribution is -2.56. The number of halogens is 1. The summed E-state index contributed by atoms with van der Waals surface area (Å²) in [5.74, 6) is -0.213. The van der Waals surface area contributed by atoms with Crippen molar-refractivity contribution >= 4 is 5.69 Å². The Bertz CT molecular complexity index is 455. The maximum Gasteiger partial charge on any atom is 0.125 e. The van der Waals surface area contributed by atoms with Gasteiger partial charge < -0.3 is 4.90 Å². The number of benzene rings is 1. The minimum absolute atomic E-state index is 0.213. The van der Waals surface area contributed by atoms with Crippen LogP contribution in [0.2, 0.25) is 0 Å². The molecule has 0 aliphatic carbocycles. The predicted molar refractivity (Wildman–Crippen MR) is 69.9 cm³/mol. The van der Waals surface area contributed by atoms with Crippen LogP contribution in [0.15, 0.2) is 24.3 Å². The van der Waals surface area contributed by atoms with Crippen LogP contribution in [0, 0.1) is 17.1 Å². The molecule has 0 bridgehead atoms. The Morgan fingerprint density at radius 1 is 1.44 bits per heavy atom. The van der Waals surface area contributed by atoms with Crippen LogP contribution in [0.1, 0.15) is 13.3 Å². The monoisotopic (exact) mass is 247 g/mol. The summed E-state index contributed by atoms with van der Waals surface area (Å²) in [5.41, 5.74) is 0.901. The molecular formula is C14H18FN3. The fraction of sp³-hybridized carbons (Fsp3) is 0.500. The standard InChI is InChI=1S/C14H18FN3/c1-11-9-17(2)14(6-7-16)10-18(11)13-5-3-4-12(15)8-13/h3-5,8,11,14H,6,9-10H2,1-2H3. The highest BCUT2D eigenvalue weighted by atomic mass is 19.1. The molecule has 96 valence electrons. The molecule has 2 atom stereocenters. The van der Waals surface area contributed by atoms with Crippen molar-refractivity contribution in [1.29, 1.82) is 5.26 Å². The zero-order chi connectivity index (χ0) is 13.1. The van der Waals surface area contributed by atoms with Crippen LogP contribution in [0.5, 0.6) is 0 Å². The molecule has 1 saturated heterocycles. The van der Waals surface area contributed by atoms with Crippen molar-refractivity contribution in [3.05, 3.63) is 30.1 Å². The second-order valence-corrected chi connectivity index (χ2v) is 4.94. The highest BCUT2D eigenvalue weighted by Crippen LogP contribution is 2.24. The number of hydrogen-bond donors (Lipinski definition) is 0. The third-order valence-electron chi connectivity index (χ3n) is 3.58. The lowest BCUT2D eigenvalue weighted by Gasteiger charge is -2.44. The third-order valence-corrected chi connectivity index (χ3v) is 3.58. The van der Waals surface area contributed by atoms with E-state index in [1.165, 1.54) is 6.07 Å². The second-order valence-electron chi connectivity index (χ2n) is 4.94. The average molecular weight is 247 g/mol. The van der Waals surface area contributed by atoms with E-state index >= 15 is 0 Å². The van der Waals surface area contributed by atoms with Crippen molar-refractivity contribution in [3.63, 3.8) is 0 Å². The van der Waals surface area contributed by atoms with E-state index in [-0.39, 0.29) is 11.9 Å². The Morgan fingerprint density at radius 2 is 2.22 bits per heavy atom. The van der Waals surface area contributed by atoms with Gasteiger partial charge in [-0.15, -0.1) is 0 Å². The molecule has 0 amide bonds. The molecule has 18 heavy (non-hydrogen) atoms. The summed E-state index contributed by atoms with van der Waals surface area (Å²) in [5, 5.41) is 8.85. The van der Waals surface area contributed by atoms with Gasteiger partial charge in [-0.05, 0) is 32.2 Å². The van der Waals surface area contributed by atoms with Gasteiger partial charge in [0, 0.05) is 30.9 Å². The summed E-state index contributed by atoms with van der Waals surface area (Å²) >= 11 is 0. The molecule has 1 fully saturated rings. The molecule has 4 heteroatoms. The van der Waals surface area contributed by atoms with E-state index in [0.717, 1.165) is 18.8 Å². The topological polar surface area (TPSA) is 30.3 Å². The second kappa shape index (κ2) is 5.36. The molecule has 0 radical (unpaired) electrons. The molecule has 0 spiro atoms.